The van der Waals surface area contributed by atoms with Crippen LogP contribution in [0.2, 0.25) is 0 Å². The van der Waals surface area contributed by atoms with Gasteiger partial charge >= 0.3 is 5.92 Å². The first-order chi connectivity index (χ1) is 14.7. The van der Waals surface area contributed by atoms with E-state index in [1.807, 2.05) is 38.1 Å². The maximum Gasteiger partial charge on any atom is 0.303 e. The van der Waals surface area contributed by atoms with Crippen LogP contribution in [0.3, 0.4) is 0 Å². The average Bonchev–Trinajstić information content (AvgIpc) is 2.66. The lowest BCUT2D eigenvalue weighted by atomic mass is 9.91. The minimum atomic E-state index is -3.76. The van der Waals surface area contributed by atoms with Gasteiger partial charge in [0.15, 0.2) is 0 Å². The largest absolute Gasteiger partial charge is 0.384 e. The molecule has 0 spiro atoms. The van der Waals surface area contributed by atoms with E-state index in [1.54, 1.807) is 13.8 Å². The van der Waals surface area contributed by atoms with Gasteiger partial charge in [-0.3, -0.25) is 0 Å². The van der Waals surface area contributed by atoms with Gasteiger partial charge in [0, 0.05) is 30.7 Å². The van der Waals surface area contributed by atoms with Crippen molar-refractivity contribution in [3.8, 4) is 0 Å². The molecule has 1 aromatic heterocycles. The molecule has 2 N–H and O–H groups in total. The first-order valence-corrected chi connectivity index (χ1v) is 10.4. The highest BCUT2D eigenvalue weighted by Gasteiger charge is 2.49. The summed E-state index contributed by atoms with van der Waals surface area (Å²) in [4.78, 5) is 11.0. The maximum absolute atomic E-state index is 15.2. The fourth-order valence-corrected chi connectivity index (χ4v) is 3.72. The van der Waals surface area contributed by atoms with Gasteiger partial charge in [0.2, 0.25) is 0 Å². The van der Waals surface area contributed by atoms with Gasteiger partial charge < -0.3 is 15.3 Å². The zero-order valence-corrected chi connectivity index (χ0v) is 19.4. The smallest absolute Gasteiger partial charge is 0.303 e. The van der Waals surface area contributed by atoms with Crippen LogP contribution in [-0.4, -0.2) is 34.8 Å². The minimum Gasteiger partial charge on any atom is -0.384 e. The molecule has 0 aliphatic rings. The third kappa shape index (κ3) is 4.24. The number of aliphatic hydroxyl groups is 1. The fourth-order valence-electron chi connectivity index (χ4n) is 3.72. The summed E-state index contributed by atoms with van der Waals surface area (Å²) in [6.45, 7) is 7.35. The second-order valence-electron chi connectivity index (χ2n) is 8.88. The number of fused-ring (bicyclic) bond motifs is 1. The number of hydrogen-bond acceptors (Lipinski definition) is 5. The number of rotatable bonds is 6. The predicted octanol–water partition coefficient (Wildman–Crippen LogP) is 5.49. The van der Waals surface area contributed by atoms with Crippen LogP contribution in [0.15, 0.2) is 30.3 Å². The molecule has 0 aliphatic heterocycles. The highest BCUT2D eigenvalue weighted by atomic mass is 19.3. The van der Waals surface area contributed by atoms with Crippen molar-refractivity contribution in [2.45, 2.75) is 52.2 Å². The summed E-state index contributed by atoms with van der Waals surface area (Å²) < 4.78 is 44.6. The number of aryl methyl sites for hydroxylation is 2. The lowest BCUT2D eigenvalue weighted by molar-refractivity contribution is -0.170. The summed E-state index contributed by atoms with van der Waals surface area (Å²) >= 11 is 0. The SMILES string of the molecule is Cc1nc(N[C@H](C)c2cccc(C(F)(F)C(C)(C)O)c2F)c2cc(N(C)C)c(C)cc2n1. The summed E-state index contributed by atoms with van der Waals surface area (Å²) in [5.74, 6) is -3.79. The van der Waals surface area contributed by atoms with Crippen molar-refractivity contribution in [3.05, 3.63) is 58.7 Å². The van der Waals surface area contributed by atoms with Crippen molar-refractivity contribution < 1.29 is 18.3 Å². The van der Waals surface area contributed by atoms with Gasteiger partial charge in [-0.15, -0.1) is 0 Å². The van der Waals surface area contributed by atoms with E-state index in [2.05, 4.69) is 15.3 Å². The molecule has 5 nitrogen and oxygen atoms in total. The van der Waals surface area contributed by atoms with E-state index in [4.69, 9.17) is 0 Å². The van der Waals surface area contributed by atoms with Crippen LogP contribution in [0.25, 0.3) is 10.9 Å². The van der Waals surface area contributed by atoms with E-state index >= 15 is 4.39 Å². The van der Waals surface area contributed by atoms with Crippen molar-refractivity contribution in [2.75, 3.05) is 24.3 Å². The maximum atomic E-state index is 15.2. The molecule has 1 heterocycles. The molecular weight excluding hydrogens is 417 g/mol. The molecule has 0 bridgehead atoms. The van der Waals surface area contributed by atoms with Crippen LogP contribution >= 0.6 is 0 Å². The first-order valence-electron chi connectivity index (χ1n) is 10.4. The average molecular weight is 447 g/mol. The zero-order chi connectivity index (χ0) is 24.0. The van der Waals surface area contributed by atoms with Gasteiger partial charge in [0.1, 0.15) is 23.1 Å². The second kappa shape index (κ2) is 8.24. The number of hydrogen-bond donors (Lipinski definition) is 2. The molecule has 2 aromatic carbocycles. The number of anilines is 2. The van der Waals surface area contributed by atoms with E-state index in [1.165, 1.54) is 12.1 Å². The van der Waals surface area contributed by atoms with E-state index < -0.39 is 28.9 Å². The Balaban J connectivity index is 2.07. The Hall–Kier alpha value is -2.87. The topological polar surface area (TPSA) is 61.3 Å². The Morgan fingerprint density at radius 3 is 2.34 bits per heavy atom. The molecule has 0 radical (unpaired) electrons. The van der Waals surface area contributed by atoms with Gasteiger partial charge in [-0.1, -0.05) is 12.1 Å². The van der Waals surface area contributed by atoms with Gasteiger partial charge in [-0.25, -0.2) is 14.4 Å². The van der Waals surface area contributed by atoms with Gasteiger partial charge in [-0.05, 0) is 58.4 Å². The molecule has 0 amide bonds. The van der Waals surface area contributed by atoms with E-state index in [-0.39, 0.29) is 5.56 Å². The number of nitrogens with one attached hydrogen (secondary N) is 1. The molecule has 0 saturated heterocycles. The number of halogens is 3. The Bertz CT molecular complexity index is 1160. The Labute approximate surface area is 186 Å². The number of alkyl halides is 2. The monoisotopic (exact) mass is 446 g/mol. The third-order valence-corrected chi connectivity index (χ3v) is 5.56. The molecule has 0 fully saturated rings. The number of benzene rings is 2. The number of aromatic nitrogens is 2. The van der Waals surface area contributed by atoms with E-state index in [0.29, 0.717) is 11.6 Å². The molecular formula is C24H29F3N4O. The highest BCUT2D eigenvalue weighted by molar-refractivity contribution is 5.93. The van der Waals surface area contributed by atoms with Gasteiger partial charge in [0.25, 0.3) is 0 Å². The summed E-state index contributed by atoms with van der Waals surface area (Å²) in [6.07, 6.45) is 0. The molecule has 0 saturated carbocycles. The molecule has 1 atom stereocenters. The summed E-state index contributed by atoms with van der Waals surface area (Å²) in [7, 11) is 3.87. The second-order valence-corrected chi connectivity index (χ2v) is 8.88. The van der Waals surface area contributed by atoms with Crippen LogP contribution in [0.4, 0.5) is 24.7 Å². The van der Waals surface area contributed by atoms with Crippen LogP contribution in [-0.2, 0) is 5.92 Å². The van der Waals surface area contributed by atoms with Crippen LogP contribution < -0.4 is 10.2 Å². The minimum absolute atomic E-state index is 0.0517. The molecule has 3 aromatic rings. The molecule has 32 heavy (non-hydrogen) atoms. The summed E-state index contributed by atoms with van der Waals surface area (Å²) in [5, 5.41) is 13.8. The normalized spacial score (nSPS) is 13.3. The van der Waals surface area contributed by atoms with Crippen LogP contribution in [0, 0.1) is 19.7 Å². The molecule has 3 rings (SSSR count). The van der Waals surface area contributed by atoms with Crippen LogP contribution in [0.1, 0.15) is 49.3 Å². The van der Waals surface area contributed by atoms with Crippen molar-refractivity contribution in [1.82, 2.24) is 9.97 Å². The standard InChI is InChI=1S/C24H29F3N4O/c1-13-11-19-17(12-20(13)31(6)7)22(30-15(3)29-19)28-14(2)16-9-8-10-18(21(16)25)24(26,27)23(4,5)32/h8-12,14,32H,1-7H3,(H,28,29,30)/t14-/m1/s1. The van der Waals surface area contributed by atoms with E-state index in [9.17, 15) is 13.9 Å². The fraction of sp³-hybridized carbons (Fsp3) is 0.417. The third-order valence-electron chi connectivity index (χ3n) is 5.56. The quantitative estimate of drug-likeness (QED) is 0.525. The number of nitrogens with zero attached hydrogens (tertiary/aromatic N) is 3. The van der Waals surface area contributed by atoms with E-state index in [0.717, 1.165) is 42.1 Å². The Kier molecular flexibility index (Phi) is 6.12. The van der Waals surface area contributed by atoms with Gasteiger partial charge in [-0.2, -0.15) is 8.78 Å². The molecule has 0 unspecified atom stereocenters. The lowest BCUT2D eigenvalue weighted by Crippen LogP contribution is -2.41. The molecule has 172 valence electrons. The predicted molar refractivity (Wildman–Crippen MR) is 122 cm³/mol. The van der Waals surface area contributed by atoms with Gasteiger partial charge in [0.05, 0.1) is 17.1 Å². The lowest BCUT2D eigenvalue weighted by Gasteiger charge is -2.30. The molecule has 0 aliphatic carbocycles. The van der Waals surface area contributed by atoms with Crippen LogP contribution in [0.5, 0.6) is 0 Å². The summed E-state index contributed by atoms with van der Waals surface area (Å²) in [6, 6.07) is 7.05. The van der Waals surface area contributed by atoms with Crippen molar-refractivity contribution in [3.63, 3.8) is 0 Å². The Morgan fingerprint density at radius 2 is 1.75 bits per heavy atom. The molecule has 8 heteroatoms. The Morgan fingerprint density at radius 1 is 1.09 bits per heavy atom. The van der Waals surface area contributed by atoms with Crippen molar-refractivity contribution in [2.24, 2.45) is 0 Å². The van der Waals surface area contributed by atoms with Crippen molar-refractivity contribution >= 4 is 22.4 Å². The van der Waals surface area contributed by atoms with Crippen molar-refractivity contribution in [1.29, 1.82) is 0 Å². The zero-order valence-electron chi connectivity index (χ0n) is 19.4. The highest BCUT2D eigenvalue weighted by Crippen LogP contribution is 2.41. The first kappa shape index (κ1) is 23.8. The summed E-state index contributed by atoms with van der Waals surface area (Å²) in [5.41, 5.74) is -0.436.